The van der Waals surface area contributed by atoms with Crippen molar-refractivity contribution in [2.24, 2.45) is 0 Å². The predicted octanol–water partition coefficient (Wildman–Crippen LogP) is 0.147. The lowest BCUT2D eigenvalue weighted by molar-refractivity contribution is 0.209. The summed E-state index contributed by atoms with van der Waals surface area (Å²) in [6.07, 6.45) is 4.33. The van der Waals surface area contributed by atoms with Crippen LogP contribution in [0.3, 0.4) is 0 Å². The summed E-state index contributed by atoms with van der Waals surface area (Å²) in [5.41, 5.74) is 0.298. The fourth-order valence-electron chi connectivity index (χ4n) is 0.939. The van der Waals surface area contributed by atoms with Crippen LogP contribution in [0.5, 0.6) is 0 Å². The van der Waals surface area contributed by atoms with Crippen molar-refractivity contribution < 1.29 is 9.90 Å². The van der Waals surface area contributed by atoms with Gasteiger partial charge in [0, 0.05) is 0 Å². The van der Waals surface area contributed by atoms with Crippen LogP contribution in [-0.4, -0.2) is 35.9 Å². The van der Waals surface area contributed by atoms with Gasteiger partial charge in [0.2, 0.25) is 0 Å². The summed E-state index contributed by atoms with van der Waals surface area (Å²) in [6, 6.07) is 0. The molecule has 0 saturated carbocycles. The number of nitrogens with zero attached hydrogens (tertiary/aromatic N) is 5. The average Bonchev–Trinajstić information content (AvgIpc) is 2.71. The fraction of sp³-hybridized carbons (Fsp3) is 0. The number of amides is 1. The third-order valence-corrected chi connectivity index (χ3v) is 1.51. The van der Waals surface area contributed by atoms with Gasteiger partial charge in [0.15, 0.2) is 0 Å². The van der Waals surface area contributed by atoms with Crippen molar-refractivity contribution in [2.45, 2.75) is 0 Å². The summed E-state index contributed by atoms with van der Waals surface area (Å²) in [4.78, 5) is 21.8. The van der Waals surface area contributed by atoms with Gasteiger partial charge in [-0.25, -0.2) is 19.7 Å². The Labute approximate surface area is 83.6 Å². The van der Waals surface area contributed by atoms with Crippen LogP contribution in [0.15, 0.2) is 25.0 Å². The lowest BCUT2D eigenvalue weighted by Gasteiger charge is -2.00. The summed E-state index contributed by atoms with van der Waals surface area (Å²) in [7, 11) is 0. The molecule has 0 bridgehead atoms. The molecule has 2 N–H and O–H groups in total. The Bertz CT molecular complexity index is 451. The average molecular weight is 206 g/mol. The third kappa shape index (κ3) is 2.05. The molecule has 1 amide bonds. The molecule has 0 aromatic carbocycles. The number of aromatic nitrogens is 5. The van der Waals surface area contributed by atoms with E-state index in [1.165, 1.54) is 29.7 Å². The highest BCUT2D eigenvalue weighted by atomic mass is 16.4. The maximum absolute atomic E-state index is 10.3. The molecule has 8 heteroatoms. The molecule has 15 heavy (non-hydrogen) atoms. The van der Waals surface area contributed by atoms with Gasteiger partial charge in [0.05, 0.1) is 18.1 Å². The zero-order valence-corrected chi connectivity index (χ0v) is 7.40. The maximum atomic E-state index is 10.3. The Morgan fingerprint density at radius 1 is 1.40 bits per heavy atom. The summed E-state index contributed by atoms with van der Waals surface area (Å²) >= 11 is 0. The first kappa shape index (κ1) is 9.06. The van der Waals surface area contributed by atoms with Gasteiger partial charge in [0.25, 0.3) is 5.95 Å². The van der Waals surface area contributed by atoms with E-state index < -0.39 is 6.09 Å². The molecule has 2 rings (SSSR count). The number of anilines is 1. The SMILES string of the molecule is O=C(O)Nc1cnc(-n2cncn2)nc1. The Balaban J connectivity index is 2.21. The lowest BCUT2D eigenvalue weighted by Crippen LogP contribution is -2.09. The van der Waals surface area contributed by atoms with E-state index in [2.05, 4.69) is 25.4 Å². The summed E-state index contributed by atoms with van der Waals surface area (Å²) in [6.45, 7) is 0. The molecule has 76 valence electrons. The van der Waals surface area contributed by atoms with Gasteiger partial charge in [-0.1, -0.05) is 0 Å². The molecule has 0 aliphatic rings. The molecule has 0 atom stereocenters. The number of nitrogens with one attached hydrogen (secondary N) is 1. The molecule has 0 spiro atoms. The van der Waals surface area contributed by atoms with Crippen molar-refractivity contribution in [1.29, 1.82) is 0 Å². The Morgan fingerprint density at radius 2 is 2.13 bits per heavy atom. The quantitative estimate of drug-likeness (QED) is 0.724. The molecule has 0 aliphatic carbocycles. The fourth-order valence-corrected chi connectivity index (χ4v) is 0.939. The molecular weight excluding hydrogens is 200 g/mol. The molecule has 2 aromatic rings. The zero-order chi connectivity index (χ0) is 10.7. The van der Waals surface area contributed by atoms with Gasteiger partial charge in [-0.05, 0) is 0 Å². The van der Waals surface area contributed by atoms with E-state index in [1.54, 1.807) is 0 Å². The highest BCUT2D eigenvalue weighted by Crippen LogP contribution is 2.04. The van der Waals surface area contributed by atoms with E-state index >= 15 is 0 Å². The molecule has 0 saturated heterocycles. The summed E-state index contributed by atoms with van der Waals surface area (Å²) < 4.78 is 1.37. The van der Waals surface area contributed by atoms with Crippen molar-refractivity contribution in [3.8, 4) is 5.95 Å². The number of hydrogen-bond acceptors (Lipinski definition) is 5. The summed E-state index contributed by atoms with van der Waals surface area (Å²) in [5, 5.41) is 14.4. The zero-order valence-electron chi connectivity index (χ0n) is 7.40. The normalized spacial score (nSPS) is 9.87. The second kappa shape index (κ2) is 3.70. The van der Waals surface area contributed by atoms with Crippen molar-refractivity contribution in [1.82, 2.24) is 24.7 Å². The first-order chi connectivity index (χ1) is 7.25. The van der Waals surface area contributed by atoms with Gasteiger partial charge in [-0.3, -0.25) is 5.32 Å². The predicted molar refractivity (Wildman–Crippen MR) is 48.6 cm³/mol. The molecule has 2 heterocycles. The molecule has 8 nitrogen and oxygen atoms in total. The maximum Gasteiger partial charge on any atom is 0.409 e. The first-order valence-electron chi connectivity index (χ1n) is 3.93. The standard InChI is InChI=1S/C7H6N6O2/c14-7(15)12-5-1-9-6(10-2-5)13-4-8-3-11-13/h1-4,12H,(H,14,15). The minimum absolute atomic E-state index is 0.298. The van der Waals surface area contributed by atoms with Gasteiger partial charge in [0.1, 0.15) is 12.7 Å². The summed E-state index contributed by atoms with van der Waals surface area (Å²) in [5.74, 6) is 0.323. The van der Waals surface area contributed by atoms with Crippen molar-refractivity contribution in [2.75, 3.05) is 5.32 Å². The van der Waals surface area contributed by atoms with Crippen LogP contribution in [0.1, 0.15) is 0 Å². The van der Waals surface area contributed by atoms with Crippen molar-refractivity contribution >= 4 is 11.8 Å². The van der Waals surface area contributed by atoms with E-state index in [0.29, 0.717) is 11.6 Å². The van der Waals surface area contributed by atoms with Crippen LogP contribution in [0.4, 0.5) is 10.5 Å². The smallest absolute Gasteiger partial charge is 0.409 e. The van der Waals surface area contributed by atoms with Gasteiger partial charge in [-0.15, -0.1) is 0 Å². The van der Waals surface area contributed by atoms with Gasteiger partial charge < -0.3 is 5.11 Å². The molecule has 0 aliphatic heterocycles. The van der Waals surface area contributed by atoms with Crippen LogP contribution < -0.4 is 5.32 Å². The van der Waals surface area contributed by atoms with Crippen molar-refractivity contribution in [3.63, 3.8) is 0 Å². The van der Waals surface area contributed by atoms with E-state index in [0.717, 1.165) is 0 Å². The second-order valence-corrected chi connectivity index (χ2v) is 2.54. The minimum atomic E-state index is -1.16. The lowest BCUT2D eigenvalue weighted by atomic mass is 10.5. The molecule has 0 unspecified atom stereocenters. The number of carboxylic acid groups (broad SMARTS) is 1. The van der Waals surface area contributed by atoms with Gasteiger partial charge >= 0.3 is 6.09 Å². The first-order valence-corrected chi connectivity index (χ1v) is 3.93. The van der Waals surface area contributed by atoms with Crippen LogP contribution in [0, 0.1) is 0 Å². The highest BCUT2D eigenvalue weighted by molar-refractivity contribution is 5.82. The second-order valence-electron chi connectivity index (χ2n) is 2.54. The third-order valence-electron chi connectivity index (χ3n) is 1.51. The molecule has 2 aromatic heterocycles. The Kier molecular flexibility index (Phi) is 2.23. The number of hydrogen-bond donors (Lipinski definition) is 2. The molecular formula is C7H6N6O2. The number of rotatable bonds is 2. The van der Waals surface area contributed by atoms with Crippen LogP contribution in [0.25, 0.3) is 5.95 Å². The topological polar surface area (TPSA) is 106 Å². The minimum Gasteiger partial charge on any atom is -0.465 e. The Hall–Kier alpha value is -2.51. The largest absolute Gasteiger partial charge is 0.465 e. The highest BCUT2D eigenvalue weighted by Gasteiger charge is 2.02. The van der Waals surface area contributed by atoms with Crippen LogP contribution in [-0.2, 0) is 0 Å². The van der Waals surface area contributed by atoms with E-state index in [1.807, 2.05) is 0 Å². The van der Waals surface area contributed by atoms with E-state index in [9.17, 15) is 4.79 Å². The molecule has 0 fully saturated rings. The monoisotopic (exact) mass is 206 g/mol. The van der Waals surface area contributed by atoms with E-state index in [-0.39, 0.29) is 0 Å². The number of carbonyl (C=O) groups is 1. The van der Waals surface area contributed by atoms with Crippen LogP contribution >= 0.6 is 0 Å². The Morgan fingerprint density at radius 3 is 2.67 bits per heavy atom. The van der Waals surface area contributed by atoms with Gasteiger partial charge in [-0.2, -0.15) is 9.78 Å². The molecule has 0 radical (unpaired) electrons. The van der Waals surface area contributed by atoms with E-state index in [4.69, 9.17) is 5.11 Å². The van der Waals surface area contributed by atoms with Crippen molar-refractivity contribution in [3.05, 3.63) is 25.0 Å². The van der Waals surface area contributed by atoms with Crippen LogP contribution in [0.2, 0.25) is 0 Å².